The van der Waals surface area contributed by atoms with Crippen molar-refractivity contribution in [3.05, 3.63) is 33.8 Å². The zero-order valence-corrected chi connectivity index (χ0v) is 12.6. The molecule has 0 aromatic heterocycles. The number of methoxy groups -OCH3 is 1. The van der Waals surface area contributed by atoms with Crippen LogP contribution in [0, 0.1) is 5.92 Å². The quantitative estimate of drug-likeness (QED) is 0.788. The number of esters is 1. The van der Waals surface area contributed by atoms with Crippen molar-refractivity contribution in [1.82, 2.24) is 4.90 Å². The van der Waals surface area contributed by atoms with Crippen LogP contribution in [0.15, 0.2) is 18.2 Å². The first-order valence-electron chi connectivity index (χ1n) is 6.34. The molecular formula is C14H15Cl2NO3. The Labute approximate surface area is 127 Å². The van der Waals surface area contributed by atoms with E-state index in [4.69, 9.17) is 27.9 Å². The Morgan fingerprint density at radius 2 is 1.90 bits per heavy atom. The minimum Gasteiger partial charge on any atom is -0.469 e. The minimum absolute atomic E-state index is 0.164. The number of rotatable bonds is 2. The van der Waals surface area contributed by atoms with Crippen LogP contribution in [-0.2, 0) is 9.53 Å². The largest absolute Gasteiger partial charge is 0.469 e. The maximum absolute atomic E-state index is 12.4. The van der Waals surface area contributed by atoms with Crippen molar-refractivity contribution in [3.63, 3.8) is 0 Å². The van der Waals surface area contributed by atoms with E-state index in [2.05, 4.69) is 0 Å². The van der Waals surface area contributed by atoms with Crippen LogP contribution in [0.4, 0.5) is 0 Å². The predicted octanol–water partition coefficient (Wildman–Crippen LogP) is 3.02. The van der Waals surface area contributed by atoms with Gasteiger partial charge in [-0.15, -0.1) is 0 Å². The summed E-state index contributed by atoms with van der Waals surface area (Å²) in [5.41, 5.74) is 0.438. The predicted molar refractivity (Wildman–Crippen MR) is 77.1 cm³/mol. The standard InChI is InChI=1S/C14H15Cl2NO3/c1-20-14(19)9-3-2-4-17(8-9)13(18)10-5-11(15)7-12(16)6-10/h5-7,9H,2-4,8H2,1H3/t9-/m0/s1. The number of likely N-dealkylation sites (tertiary alicyclic amines) is 1. The van der Waals surface area contributed by atoms with Gasteiger partial charge in [0, 0.05) is 28.7 Å². The number of hydrogen-bond donors (Lipinski definition) is 0. The van der Waals surface area contributed by atoms with Crippen LogP contribution in [0.2, 0.25) is 10.0 Å². The van der Waals surface area contributed by atoms with Crippen LogP contribution in [0.3, 0.4) is 0 Å². The van der Waals surface area contributed by atoms with E-state index in [1.54, 1.807) is 23.1 Å². The Bertz CT molecular complexity index is 513. The summed E-state index contributed by atoms with van der Waals surface area (Å²) in [7, 11) is 1.36. The molecule has 1 atom stereocenters. The molecule has 0 N–H and O–H groups in total. The van der Waals surface area contributed by atoms with Gasteiger partial charge in [0.1, 0.15) is 0 Å². The molecule has 108 valence electrons. The van der Waals surface area contributed by atoms with Crippen LogP contribution >= 0.6 is 23.2 Å². The molecule has 1 aromatic rings. The van der Waals surface area contributed by atoms with Gasteiger partial charge in [-0.3, -0.25) is 9.59 Å². The maximum Gasteiger partial charge on any atom is 0.310 e. The van der Waals surface area contributed by atoms with Gasteiger partial charge in [-0.2, -0.15) is 0 Å². The van der Waals surface area contributed by atoms with E-state index in [1.807, 2.05) is 0 Å². The molecule has 1 aliphatic heterocycles. The summed E-state index contributed by atoms with van der Waals surface area (Å²) in [6.07, 6.45) is 1.52. The summed E-state index contributed by atoms with van der Waals surface area (Å²) in [5.74, 6) is -0.693. The summed E-state index contributed by atoms with van der Waals surface area (Å²) >= 11 is 11.8. The molecule has 0 unspecified atom stereocenters. The number of carbonyl (C=O) groups excluding carboxylic acids is 2. The normalized spacial score (nSPS) is 18.8. The molecule has 1 aromatic carbocycles. The minimum atomic E-state index is -0.272. The Hall–Kier alpha value is -1.26. The monoisotopic (exact) mass is 315 g/mol. The Morgan fingerprint density at radius 3 is 2.50 bits per heavy atom. The molecule has 2 rings (SSSR count). The molecule has 0 radical (unpaired) electrons. The Balaban J connectivity index is 2.14. The second-order valence-corrected chi connectivity index (χ2v) is 5.64. The lowest BCUT2D eigenvalue weighted by molar-refractivity contribution is -0.146. The highest BCUT2D eigenvalue weighted by atomic mass is 35.5. The Kier molecular flexibility index (Phi) is 4.89. The lowest BCUT2D eigenvalue weighted by Gasteiger charge is -2.31. The lowest BCUT2D eigenvalue weighted by atomic mass is 9.97. The van der Waals surface area contributed by atoms with E-state index in [0.717, 1.165) is 12.8 Å². The molecule has 6 heteroatoms. The lowest BCUT2D eigenvalue weighted by Crippen LogP contribution is -2.42. The van der Waals surface area contributed by atoms with Gasteiger partial charge in [0.25, 0.3) is 5.91 Å². The number of amides is 1. The van der Waals surface area contributed by atoms with E-state index in [1.165, 1.54) is 7.11 Å². The molecule has 4 nitrogen and oxygen atoms in total. The van der Waals surface area contributed by atoms with Crippen LogP contribution in [0.25, 0.3) is 0 Å². The number of hydrogen-bond acceptors (Lipinski definition) is 3. The topological polar surface area (TPSA) is 46.6 Å². The van der Waals surface area contributed by atoms with Gasteiger partial charge in [0.05, 0.1) is 13.0 Å². The van der Waals surface area contributed by atoms with Crippen molar-refractivity contribution in [3.8, 4) is 0 Å². The number of halogens is 2. The summed E-state index contributed by atoms with van der Waals surface area (Å²) in [6, 6.07) is 4.74. The molecule has 1 aliphatic rings. The molecule has 20 heavy (non-hydrogen) atoms. The molecular weight excluding hydrogens is 301 g/mol. The fourth-order valence-corrected chi connectivity index (χ4v) is 2.91. The number of ether oxygens (including phenoxy) is 1. The molecule has 1 heterocycles. The van der Waals surface area contributed by atoms with E-state index in [0.29, 0.717) is 28.7 Å². The molecule has 0 saturated carbocycles. The Morgan fingerprint density at radius 1 is 1.25 bits per heavy atom. The first-order valence-corrected chi connectivity index (χ1v) is 7.10. The molecule has 0 spiro atoms. The second-order valence-electron chi connectivity index (χ2n) is 4.77. The summed E-state index contributed by atoms with van der Waals surface area (Å²) < 4.78 is 4.74. The smallest absolute Gasteiger partial charge is 0.310 e. The number of piperidine rings is 1. The third kappa shape index (κ3) is 3.44. The summed E-state index contributed by atoms with van der Waals surface area (Å²) in [6.45, 7) is 0.992. The third-order valence-electron chi connectivity index (χ3n) is 3.35. The maximum atomic E-state index is 12.4. The van der Waals surface area contributed by atoms with Crippen LogP contribution in [0.5, 0.6) is 0 Å². The van der Waals surface area contributed by atoms with Gasteiger partial charge < -0.3 is 9.64 Å². The van der Waals surface area contributed by atoms with Gasteiger partial charge in [0.15, 0.2) is 0 Å². The fourth-order valence-electron chi connectivity index (χ4n) is 2.38. The van der Waals surface area contributed by atoms with Crippen molar-refractivity contribution < 1.29 is 14.3 Å². The number of carbonyl (C=O) groups is 2. The van der Waals surface area contributed by atoms with Crippen molar-refractivity contribution in [2.24, 2.45) is 5.92 Å². The average molecular weight is 316 g/mol. The molecule has 1 fully saturated rings. The zero-order valence-electron chi connectivity index (χ0n) is 11.1. The second kappa shape index (κ2) is 6.46. The average Bonchev–Trinajstić information content (AvgIpc) is 2.44. The van der Waals surface area contributed by atoms with Gasteiger partial charge in [-0.25, -0.2) is 0 Å². The highest BCUT2D eigenvalue weighted by Crippen LogP contribution is 2.23. The van der Waals surface area contributed by atoms with Crippen molar-refractivity contribution in [1.29, 1.82) is 0 Å². The third-order valence-corrected chi connectivity index (χ3v) is 3.79. The molecule has 1 saturated heterocycles. The van der Waals surface area contributed by atoms with Crippen molar-refractivity contribution in [2.45, 2.75) is 12.8 Å². The highest BCUT2D eigenvalue weighted by Gasteiger charge is 2.29. The van der Waals surface area contributed by atoms with Gasteiger partial charge in [-0.1, -0.05) is 23.2 Å². The first-order chi connectivity index (χ1) is 9.51. The first kappa shape index (κ1) is 15.1. The van der Waals surface area contributed by atoms with E-state index >= 15 is 0 Å². The van der Waals surface area contributed by atoms with Gasteiger partial charge in [0.2, 0.25) is 0 Å². The highest BCUT2D eigenvalue weighted by molar-refractivity contribution is 6.35. The molecule has 0 aliphatic carbocycles. The molecule has 1 amide bonds. The van der Waals surface area contributed by atoms with Gasteiger partial charge in [-0.05, 0) is 31.0 Å². The number of nitrogens with zero attached hydrogens (tertiary/aromatic N) is 1. The fraction of sp³-hybridized carbons (Fsp3) is 0.429. The number of benzene rings is 1. The van der Waals surface area contributed by atoms with Crippen LogP contribution in [0.1, 0.15) is 23.2 Å². The van der Waals surface area contributed by atoms with E-state index < -0.39 is 0 Å². The molecule has 0 bridgehead atoms. The van der Waals surface area contributed by atoms with Gasteiger partial charge >= 0.3 is 5.97 Å². The zero-order chi connectivity index (χ0) is 14.7. The summed E-state index contributed by atoms with van der Waals surface area (Å²) in [4.78, 5) is 25.6. The van der Waals surface area contributed by atoms with Crippen LogP contribution in [-0.4, -0.2) is 37.0 Å². The van der Waals surface area contributed by atoms with Crippen molar-refractivity contribution in [2.75, 3.05) is 20.2 Å². The van der Waals surface area contributed by atoms with Crippen LogP contribution < -0.4 is 0 Å². The SMILES string of the molecule is COC(=O)[C@H]1CCCN(C(=O)c2cc(Cl)cc(Cl)c2)C1. The van der Waals surface area contributed by atoms with E-state index in [9.17, 15) is 9.59 Å². The summed E-state index contributed by atoms with van der Waals surface area (Å²) in [5, 5.41) is 0.838. The van der Waals surface area contributed by atoms with E-state index in [-0.39, 0.29) is 17.8 Å². The van der Waals surface area contributed by atoms with Crippen molar-refractivity contribution >= 4 is 35.1 Å².